The number of nitrogens with zero attached hydrogens (tertiary/aromatic N) is 2. The van der Waals surface area contributed by atoms with Crippen LogP contribution < -0.4 is 5.32 Å². The van der Waals surface area contributed by atoms with Gasteiger partial charge in [0.05, 0.1) is 0 Å². The van der Waals surface area contributed by atoms with Gasteiger partial charge in [0.2, 0.25) is 5.91 Å². The van der Waals surface area contributed by atoms with Crippen LogP contribution in [0.3, 0.4) is 0 Å². The molecule has 2 aromatic rings. The van der Waals surface area contributed by atoms with Crippen LogP contribution in [0, 0.1) is 0 Å². The van der Waals surface area contributed by atoms with Crippen molar-refractivity contribution in [2.75, 3.05) is 52.3 Å². The summed E-state index contributed by atoms with van der Waals surface area (Å²) in [4.78, 5) is 40.5. The molecule has 0 aromatic heterocycles. The SMILES string of the molecule is CSCC[C@H](NC(=O)OCC1c2ccccc2-c2ccccc21)C(=O)N(CCN(C)C)CC(=O)O. The lowest BCUT2D eigenvalue weighted by Crippen LogP contribution is -2.51. The van der Waals surface area contributed by atoms with Gasteiger partial charge in [-0.05, 0) is 54.8 Å². The van der Waals surface area contributed by atoms with Gasteiger partial charge in [0.15, 0.2) is 0 Å². The third-order valence-electron chi connectivity index (χ3n) is 6.00. The van der Waals surface area contributed by atoms with E-state index in [1.165, 1.54) is 4.90 Å². The highest BCUT2D eigenvalue weighted by molar-refractivity contribution is 7.98. The highest BCUT2D eigenvalue weighted by Crippen LogP contribution is 2.44. The summed E-state index contributed by atoms with van der Waals surface area (Å²) < 4.78 is 5.61. The molecule has 9 heteroatoms. The zero-order valence-electron chi connectivity index (χ0n) is 20.4. The van der Waals surface area contributed by atoms with E-state index in [2.05, 4.69) is 17.4 Å². The standard InChI is InChI=1S/C26H33N3O5S/c1-28(2)13-14-29(16-24(30)31)25(32)23(12-15-35-3)27-26(33)34-17-22-20-10-6-4-8-18(20)19-9-5-7-11-21(19)22/h4-11,22-23H,12-17H2,1-3H3,(H,27,33)(H,30,31)/t23-/m0/s1. The topological polar surface area (TPSA) is 99.2 Å². The Balaban J connectivity index is 1.68. The van der Waals surface area contributed by atoms with Crippen molar-refractivity contribution in [3.05, 3.63) is 59.7 Å². The van der Waals surface area contributed by atoms with Gasteiger partial charge in [-0.1, -0.05) is 48.5 Å². The Bertz CT molecular complexity index is 1000. The van der Waals surface area contributed by atoms with Gasteiger partial charge in [-0.25, -0.2) is 4.79 Å². The number of hydrogen-bond acceptors (Lipinski definition) is 6. The van der Waals surface area contributed by atoms with Crippen LogP contribution >= 0.6 is 11.8 Å². The summed E-state index contributed by atoms with van der Waals surface area (Å²) >= 11 is 1.55. The molecule has 2 N–H and O–H groups in total. The van der Waals surface area contributed by atoms with Gasteiger partial charge >= 0.3 is 12.1 Å². The number of carboxylic acid groups (broad SMARTS) is 1. The number of carbonyl (C=O) groups is 3. The van der Waals surface area contributed by atoms with E-state index in [9.17, 15) is 19.5 Å². The summed E-state index contributed by atoms with van der Waals surface area (Å²) in [6, 6.07) is 15.3. The molecule has 8 nitrogen and oxygen atoms in total. The van der Waals surface area contributed by atoms with Crippen molar-refractivity contribution in [3.8, 4) is 11.1 Å². The molecule has 0 aliphatic heterocycles. The molecule has 188 valence electrons. The summed E-state index contributed by atoms with van der Waals surface area (Å²) in [5, 5.41) is 12.0. The van der Waals surface area contributed by atoms with Crippen LogP contribution in [0.15, 0.2) is 48.5 Å². The van der Waals surface area contributed by atoms with E-state index in [1.807, 2.05) is 61.6 Å². The average molecular weight is 500 g/mol. The minimum atomic E-state index is -1.10. The second-order valence-electron chi connectivity index (χ2n) is 8.76. The molecule has 0 bridgehead atoms. The molecule has 0 spiro atoms. The van der Waals surface area contributed by atoms with Crippen molar-refractivity contribution >= 4 is 29.7 Å². The number of nitrogens with one attached hydrogen (secondary N) is 1. The first-order valence-electron chi connectivity index (χ1n) is 11.6. The van der Waals surface area contributed by atoms with Gasteiger partial charge < -0.3 is 25.0 Å². The Hall–Kier alpha value is -3.04. The minimum Gasteiger partial charge on any atom is -0.480 e. The first-order valence-corrected chi connectivity index (χ1v) is 13.0. The lowest BCUT2D eigenvalue weighted by molar-refractivity contribution is -0.145. The minimum absolute atomic E-state index is 0.0860. The number of benzene rings is 2. The molecule has 3 rings (SSSR count). The fourth-order valence-corrected chi connectivity index (χ4v) is 4.72. The highest BCUT2D eigenvalue weighted by Gasteiger charge is 2.31. The zero-order valence-corrected chi connectivity index (χ0v) is 21.2. The summed E-state index contributed by atoms with van der Waals surface area (Å²) in [5.74, 6) is -0.968. The quantitative estimate of drug-likeness (QED) is 0.463. The van der Waals surface area contributed by atoms with E-state index in [0.29, 0.717) is 18.7 Å². The van der Waals surface area contributed by atoms with E-state index in [0.717, 1.165) is 22.3 Å². The van der Waals surface area contributed by atoms with E-state index in [-0.39, 0.29) is 19.1 Å². The molecule has 1 aliphatic carbocycles. The molecule has 0 saturated carbocycles. The van der Waals surface area contributed by atoms with Crippen molar-refractivity contribution in [1.29, 1.82) is 0 Å². The van der Waals surface area contributed by atoms with Crippen molar-refractivity contribution in [2.45, 2.75) is 18.4 Å². The fourth-order valence-electron chi connectivity index (χ4n) is 4.25. The second kappa shape index (κ2) is 12.6. The predicted octanol–water partition coefficient (Wildman–Crippen LogP) is 3.12. The van der Waals surface area contributed by atoms with E-state index >= 15 is 0 Å². The Kier molecular flexibility index (Phi) is 9.56. The number of hydrogen-bond donors (Lipinski definition) is 2. The van der Waals surface area contributed by atoms with Crippen molar-refractivity contribution in [1.82, 2.24) is 15.1 Å². The van der Waals surface area contributed by atoms with Crippen molar-refractivity contribution in [2.24, 2.45) is 0 Å². The number of likely N-dealkylation sites (N-methyl/N-ethyl adjacent to an activating group) is 1. The maximum absolute atomic E-state index is 13.2. The average Bonchev–Trinajstić information content (AvgIpc) is 3.16. The number of alkyl carbamates (subject to hydrolysis) is 1. The molecule has 0 unspecified atom stereocenters. The van der Waals surface area contributed by atoms with Crippen LogP contribution in [-0.4, -0.2) is 91.3 Å². The van der Waals surface area contributed by atoms with E-state index in [1.54, 1.807) is 11.8 Å². The Morgan fingerprint density at radius 2 is 1.63 bits per heavy atom. The van der Waals surface area contributed by atoms with Crippen LogP contribution in [0.1, 0.15) is 23.5 Å². The first kappa shape index (κ1) is 26.6. The number of rotatable bonds is 12. The predicted molar refractivity (Wildman–Crippen MR) is 138 cm³/mol. The largest absolute Gasteiger partial charge is 0.480 e. The molecule has 2 aromatic carbocycles. The Labute approximate surface area is 210 Å². The number of carbonyl (C=O) groups excluding carboxylic acids is 2. The molecule has 1 aliphatic rings. The highest BCUT2D eigenvalue weighted by atomic mass is 32.2. The van der Waals surface area contributed by atoms with Gasteiger partial charge in [0.25, 0.3) is 0 Å². The van der Waals surface area contributed by atoms with Crippen molar-refractivity contribution < 1.29 is 24.2 Å². The summed E-state index contributed by atoms with van der Waals surface area (Å²) in [6.07, 6.45) is 1.60. The van der Waals surface area contributed by atoms with Crippen LogP contribution in [-0.2, 0) is 14.3 Å². The molecule has 0 heterocycles. The number of carboxylic acids is 1. The van der Waals surface area contributed by atoms with E-state index < -0.39 is 30.6 Å². The van der Waals surface area contributed by atoms with E-state index in [4.69, 9.17) is 4.74 Å². The molecule has 0 fully saturated rings. The van der Waals surface area contributed by atoms with Gasteiger partial charge in [-0.15, -0.1) is 0 Å². The fraction of sp³-hybridized carbons (Fsp3) is 0.423. The molecule has 0 saturated heterocycles. The number of fused-ring (bicyclic) bond motifs is 3. The monoisotopic (exact) mass is 499 g/mol. The first-order chi connectivity index (χ1) is 16.8. The molecule has 35 heavy (non-hydrogen) atoms. The summed E-state index contributed by atoms with van der Waals surface area (Å²) in [5.41, 5.74) is 4.48. The van der Waals surface area contributed by atoms with Gasteiger partial charge in [-0.3, -0.25) is 9.59 Å². The van der Waals surface area contributed by atoms with Crippen LogP contribution in [0.5, 0.6) is 0 Å². The summed E-state index contributed by atoms with van der Waals surface area (Å²) in [6.45, 7) is 0.483. The van der Waals surface area contributed by atoms with Crippen LogP contribution in [0.25, 0.3) is 11.1 Å². The lowest BCUT2D eigenvalue weighted by Gasteiger charge is -2.27. The Morgan fingerprint density at radius 1 is 1.03 bits per heavy atom. The van der Waals surface area contributed by atoms with Gasteiger partial charge in [0.1, 0.15) is 19.2 Å². The molecular weight excluding hydrogens is 466 g/mol. The number of thioether (sulfide) groups is 1. The number of ether oxygens (including phenoxy) is 1. The second-order valence-corrected chi connectivity index (χ2v) is 9.75. The van der Waals surface area contributed by atoms with Crippen LogP contribution in [0.4, 0.5) is 4.79 Å². The maximum atomic E-state index is 13.2. The third-order valence-corrected chi connectivity index (χ3v) is 6.64. The van der Waals surface area contributed by atoms with Gasteiger partial charge in [-0.2, -0.15) is 11.8 Å². The lowest BCUT2D eigenvalue weighted by atomic mass is 9.98. The van der Waals surface area contributed by atoms with Crippen LogP contribution in [0.2, 0.25) is 0 Å². The number of aliphatic carboxylic acids is 1. The van der Waals surface area contributed by atoms with Gasteiger partial charge in [0, 0.05) is 19.0 Å². The number of amides is 2. The molecule has 1 atom stereocenters. The smallest absolute Gasteiger partial charge is 0.407 e. The molecule has 0 radical (unpaired) electrons. The third kappa shape index (κ3) is 6.99. The maximum Gasteiger partial charge on any atom is 0.407 e. The Morgan fingerprint density at radius 3 is 2.17 bits per heavy atom. The van der Waals surface area contributed by atoms with Crippen molar-refractivity contribution in [3.63, 3.8) is 0 Å². The normalized spacial score (nSPS) is 13.1. The summed E-state index contributed by atoms with van der Waals surface area (Å²) in [7, 11) is 3.70. The molecular formula is C26H33N3O5S. The molecule has 2 amide bonds. The zero-order chi connectivity index (χ0) is 25.4.